The van der Waals surface area contributed by atoms with E-state index < -0.39 is 0 Å². The molecule has 0 aliphatic carbocycles. The van der Waals surface area contributed by atoms with Crippen molar-refractivity contribution in [3.63, 3.8) is 0 Å². The number of aromatic amines is 2. The highest BCUT2D eigenvalue weighted by molar-refractivity contribution is 7.80. The second-order valence-electron chi connectivity index (χ2n) is 5.96. The number of thiocarbonyl (C=S) groups is 1. The molecule has 0 unspecified atom stereocenters. The maximum absolute atomic E-state index is 12.1. The SMILES string of the molecule is CC(C)c1ccccc1NC(=S)Nc1cccc2c(=O)[nH][nH]c(=O)c12. The smallest absolute Gasteiger partial charge is 0.272 e. The van der Waals surface area contributed by atoms with Crippen LogP contribution in [0.1, 0.15) is 25.3 Å². The van der Waals surface area contributed by atoms with Crippen LogP contribution in [0.15, 0.2) is 52.1 Å². The van der Waals surface area contributed by atoms with E-state index in [2.05, 4.69) is 34.7 Å². The lowest BCUT2D eigenvalue weighted by Crippen LogP contribution is -2.24. The molecule has 0 aliphatic rings. The van der Waals surface area contributed by atoms with Crippen LogP contribution < -0.4 is 21.8 Å². The van der Waals surface area contributed by atoms with Gasteiger partial charge in [-0.15, -0.1) is 0 Å². The van der Waals surface area contributed by atoms with Crippen molar-refractivity contribution in [1.82, 2.24) is 10.2 Å². The predicted molar refractivity (Wildman–Crippen MR) is 106 cm³/mol. The van der Waals surface area contributed by atoms with Gasteiger partial charge in [0.25, 0.3) is 11.1 Å². The van der Waals surface area contributed by atoms with Gasteiger partial charge in [-0.2, -0.15) is 0 Å². The van der Waals surface area contributed by atoms with E-state index in [1.54, 1.807) is 18.2 Å². The van der Waals surface area contributed by atoms with E-state index in [1.165, 1.54) is 0 Å². The van der Waals surface area contributed by atoms with Crippen LogP contribution in [0.3, 0.4) is 0 Å². The highest BCUT2D eigenvalue weighted by Gasteiger charge is 2.11. The van der Waals surface area contributed by atoms with Gasteiger partial charge in [-0.1, -0.05) is 38.1 Å². The lowest BCUT2D eigenvalue weighted by atomic mass is 10.0. The highest BCUT2D eigenvalue weighted by atomic mass is 32.1. The summed E-state index contributed by atoms with van der Waals surface area (Å²) in [6.07, 6.45) is 0. The van der Waals surface area contributed by atoms with Crippen LogP contribution in [0.2, 0.25) is 0 Å². The first kappa shape index (κ1) is 16.9. The molecule has 3 rings (SSSR count). The summed E-state index contributed by atoms with van der Waals surface area (Å²) in [6.45, 7) is 4.21. The average molecular weight is 354 g/mol. The van der Waals surface area contributed by atoms with Crippen LogP contribution in [0.4, 0.5) is 11.4 Å². The molecule has 0 amide bonds. The standard InChI is InChI=1S/C18H18N4O2S/c1-10(2)11-6-3-4-8-13(11)19-18(25)20-14-9-5-7-12-15(14)17(24)22-21-16(12)23/h3-10H,1-2H3,(H,21,23)(H,22,24)(H2,19,20,25). The molecule has 0 bridgehead atoms. The lowest BCUT2D eigenvalue weighted by Gasteiger charge is -2.16. The summed E-state index contributed by atoms with van der Waals surface area (Å²) in [5.74, 6) is 0.338. The highest BCUT2D eigenvalue weighted by Crippen LogP contribution is 2.24. The van der Waals surface area contributed by atoms with E-state index in [4.69, 9.17) is 12.2 Å². The van der Waals surface area contributed by atoms with Gasteiger partial charge in [-0.25, -0.2) is 0 Å². The van der Waals surface area contributed by atoms with Gasteiger partial charge < -0.3 is 10.6 Å². The molecule has 1 aromatic heterocycles. The van der Waals surface area contributed by atoms with Crippen molar-refractivity contribution in [2.45, 2.75) is 19.8 Å². The Morgan fingerprint density at radius 2 is 1.56 bits per heavy atom. The van der Waals surface area contributed by atoms with Gasteiger partial charge in [-0.3, -0.25) is 19.8 Å². The average Bonchev–Trinajstić information content (AvgIpc) is 2.58. The molecule has 1 heterocycles. The van der Waals surface area contributed by atoms with Crippen molar-refractivity contribution in [3.05, 3.63) is 68.7 Å². The predicted octanol–water partition coefficient (Wildman–Crippen LogP) is 3.15. The summed E-state index contributed by atoms with van der Waals surface area (Å²) in [5, 5.41) is 11.7. The molecule has 25 heavy (non-hydrogen) atoms. The number of rotatable bonds is 3. The number of para-hydroxylation sites is 1. The second-order valence-corrected chi connectivity index (χ2v) is 6.37. The van der Waals surface area contributed by atoms with Crippen molar-refractivity contribution in [1.29, 1.82) is 0 Å². The zero-order valence-corrected chi connectivity index (χ0v) is 14.7. The van der Waals surface area contributed by atoms with E-state index >= 15 is 0 Å². The van der Waals surface area contributed by atoms with Gasteiger partial charge in [0, 0.05) is 5.69 Å². The molecule has 7 heteroatoms. The second kappa shape index (κ2) is 6.90. The number of H-pyrrole nitrogens is 2. The summed E-state index contributed by atoms with van der Waals surface area (Å²) in [7, 11) is 0. The minimum absolute atomic E-state index is 0.271. The van der Waals surface area contributed by atoms with Gasteiger partial charge in [0.05, 0.1) is 16.5 Å². The van der Waals surface area contributed by atoms with E-state index in [-0.39, 0.29) is 16.5 Å². The Hall–Kier alpha value is -2.93. The molecule has 128 valence electrons. The molecule has 0 spiro atoms. The van der Waals surface area contributed by atoms with Crippen LogP contribution in [0.25, 0.3) is 10.8 Å². The number of anilines is 2. The molecule has 0 atom stereocenters. The molecule has 4 N–H and O–H groups in total. The Morgan fingerprint density at radius 3 is 2.32 bits per heavy atom. The van der Waals surface area contributed by atoms with Crippen molar-refractivity contribution < 1.29 is 0 Å². The van der Waals surface area contributed by atoms with Crippen molar-refractivity contribution >= 4 is 39.5 Å². The number of aromatic nitrogens is 2. The minimum atomic E-state index is -0.386. The van der Waals surface area contributed by atoms with Crippen molar-refractivity contribution in [2.75, 3.05) is 10.6 Å². The van der Waals surface area contributed by atoms with Crippen LogP contribution >= 0.6 is 12.2 Å². The van der Waals surface area contributed by atoms with Gasteiger partial charge in [-0.05, 0) is 41.9 Å². The Labute approximate surface area is 149 Å². The monoisotopic (exact) mass is 354 g/mol. The number of nitrogens with one attached hydrogen (secondary N) is 4. The largest absolute Gasteiger partial charge is 0.332 e. The van der Waals surface area contributed by atoms with E-state index in [9.17, 15) is 9.59 Å². The molecule has 3 aromatic rings. The summed E-state index contributed by atoms with van der Waals surface area (Å²) >= 11 is 5.38. The first-order valence-electron chi connectivity index (χ1n) is 7.88. The Bertz CT molecular complexity index is 1050. The summed E-state index contributed by atoms with van der Waals surface area (Å²) in [4.78, 5) is 24.0. The third-order valence-electron chi connectivity index (χ3n) is 3.90. The Balaban J connectivity index is 1.93. The molecule has 0 radical (unpaired) electrons. The maximum atomic E-state index is 12.1. The van der Waals surface area contributed by atoms with Crippen LogP contribution in [-0.2, 0) is 0 Å². The van der Waals surface area contributed by atoms with E-state index in [0.717, 1.165) is 11.3 Å². The lowest BCUT2D eigenvalue weighted by molar-refractivity contribution is 0.869. The quantitative estimate of drug-likeness (QED) is 0.543. The molecule has 0 fully saturated rings. The molecular formula is C18H18N4O2S. The zero-order valence-electron chi connectivity index (χ0n) is 13.8. The van der Waals surface area contributed by atoms with Gasteiger partial charge in [0.2, 0.25) is 0 Å². The van der Waals surface area contributed by atoms with E-state index in [0.29, 0.717) is 22.1 Å². The van der Waals surface area contributed by atoms with Crippen molar-refractivity contribution in [2.24, 2.45) is 0 Å². The first-order chi connectivity index (χ1) is 12.0. The normalized spacial score (nSPS) is 10.8. The molecule has 0 saturated heterocycles. The Morgan fingerprint density at radius 1 is 0.920 bits per heavy atom. The van der Waals surface area contributed by atoms with Crippen molar-refractivity contribution in [3.8, 4) is 0 Å². The summed E-state index contributed by atoms with van der Waals surface area (Å²) < 4.78 is 0. The topological polar surface area (TPSA) is 89.8 Å². The number of fused-ring (bicyclic) bond motifs is 1. The third-order valence-corrected chi connectivity index (χ3v) is 4.11. The number of hydrogen-bond acceptors (Lipinski definition) is 3. The van der Waals surface area contributed by atoms with Gasteiger partial charge in [0.1, 0.15) is 0 Å². The fourth-order valence-electron chi connectivity index (χ4n) is 2.72. The summed E-state index contributed by atoms with van der Waals surface area (Å²) in [6, 6.07) is 12.9. The number of hydrogen-bond donors (Lipinski definition) is 4. The minimum Gasteiger partial charge on any atom is -0.332 e. The molecule has 2 aromatic carbocycles. The first-order valence-corrected chi connectivity index (χ1v) is 8.29. The molecule has 0 aliphatic heterocycles. The Kier molecular flexibility index (Phi) is 4.67. The molecular weight excluding hydrogens is 336 g/mol. The third kappa shape index (κ3) is 3.46. The number of benzene rings is 2. The molecule has 0 saturated carbocycles. The van der Waals surface area contributed by atoms with Gasteiger partial charge >= 0.3 is 0 Å². The zero-order chi connectivity index (χ0) is 18.0. The van der Waals surface area contributed by atoms with Gasteiger partial charge in [0.15, 0.2) is 5.11 Å². The van der Waals surface area contributed by atoms with Crippen LogP contribution in [0.5, 0.6) is 0 Å². The van der Waals surface area contributed by atoms with Crippen LogP contribution in [-0.4, -0.2) is 15.3 Å². The fourth-order valence-corrected chi connectivity index (χ4v) is 2.94. The van der Waals surface area contributed by atoms with E-state index in [1.807, 2.05) is 24.3 Å². The molecule has 6 nitrogen and oxygen atoms in total. The van der Waals surface area contributed by atoms with Crippen LogP contribution in [0, 0.1) is 0 Å². The maximum Gasteiger partial charge on any atom is 0.272 e. The fraction of sp³-hybridized carbons (Fsp3) is 0.167. The summed E-state index contributed by atoms with van der Waals surface area (Å²) in [5.41, 5.74) is 1.77.